The Kier molecular flexibility index (Phi) is 3.52. The minimum Gasteiger partial charge on any atom is -0.593 e. The second kappa shape index (κ2) is 5.50. The summed E-state index contributed by atoms with van der Waals surface area (Å²) in [5, 5.41) is 25.7. The molecule has 0 aliphatic carbocycles. The maximum absolute atomic E-state index is 12.2. The van der Waals surface area contributed by atoms with Crippen LogP contribution in [0.15, 0.2) is 59.8 Å². The summed E-state index contributed by atoms with van der Waals surface area (Å²) in [4.78, 5) is 11.9. The van der Waals surface area contributed by atoms with Crippen molar-refractivity contribution in [1.82, 2.24) is 4.85 Å². The van der Waals surface area contributed by atoms with E-state index in [-0.39, 0.29) is 21.9 Å². The number of nitrogens with zero attached hydrogens (tertiary/aromatic N) is 3. The molecule has 0 aliphatic rings. The highest BCUT2D eigenvalue weighted by Crippen LogP contribution is 2.37. The summed E-state index contributed by atoms with van der Waals surface area (Å²) in [5.41, 5.74) is 0.804. The van der Waals surface area contributed by atoms with Crippen molar-refractivity contribution in [3.8, 4) is 22.5 Å². The zero-order valence-corrected chi connectivity index (χ0v) is 11.9. The van der Waals surface area contributed by atoms with Gasteiger partial charge in [-0.05, 0) is 34.3 Å². The number of nitroso groups, excluding NO2 is 1. The molecule has 3 rings (SSSR count). The Labute approximate surface area is 130 Å². The fourth-order valence-electron chi connectivity index (χ4n) is 2.27. The van der Waals surface area contributed by atoms with Gasteiger partial charge in [0.05, 0.1) is 5.56 Å². The van der Waals surface area contributed by atoms with Gasteiger partial charge in [0.1, 0.15) is 0 Å². The molecule has 2 aromatic carbocycles. The Bertz CT molecular complexity index is 829. The van der Waals surface area contributed by atoms with Gasteiger partial charge in [-0.3, -0.25) is 0 Å². The fraction of sp³-hybridized carbons (Fsp3) is 0. The summed E-state index contributed by atoms with van der Waals surface area (Å²) in [6.45, 7) is 0. The van der Waals surface area contributed by atoms with Gasteiger partial charge in [-0.1, -0.05) is 41.9 Å². The molecule has 0 bridgehead atoms. The van der Waals surface area contributed by atoms with Gasteiger partial charge in [-0.15, -0.1) is 4.91 Å². The van der Waals surface area contributed by atoms with Gasteiger partial charge >= 0.3 is 0 Å². The van der Waals surface area contributed by atoms with Crippen LogP contribution in [-0.4, -0.2) is 10.1 Å². The summed E-state index contributed by atoms with van der Waals surface area (Å²) < 4.78 is 0. The number of hydrogen-bond acceptors (Lipinski definition) is 4. The molecule has 1 heterocycles. The molecule has 0 spiro atoms. The SMILES string of the molecule is O=Nc1c(-c2ccccc2)n(O)[n+]([O-])c1-c1ccc(Cl)cc1. The number of aromatic nitrogens is 2. The van der Waals surface area contributed by atoms with Crippen molar-refractivity contribution in [2.75, 3.05) is 0 Å². The van der Waals surface area contributed by atoms with Crippen LogP contribution in [0.1, 0.15) is 0 Å². The van der Waals surface area contributed by atoms with E-state index in [4.69, 9.17) is 11.6 Å². The molecule has 0 aliphatic heterocycles. The molecule has 1 N–H and O–H groups in total. The molecular formula is C15H10ClN3O3. The van der Waals surface area contributed by atoms with Crippen LogP contribution in [0.25, 0.3) is 22.5 Å². The molecule has 0 radical (unpaired) electrons. The van der Waals surface area contributed by atoms with E-state index in [1.807, 2.05) is 0 Å². The molecule has 7 heteroatoms. The fourth-order valence-corrected chi connectivity index (χ4v) is 2.40. The quantitative estimate of drug-likeness (QED) is 0.346. The molecule has 6 nitrogen and oxygen atoms in total. The third kappa shape index (κ3) is 2.19. The van der Waals surface area contributed by atoms with E-state index in [9.17, 15) is 15.3 Å². The topological polar surface area (TPSA) is 81.5 Å². The van der Waals surface area contributed by atoms with E-state index in [2.05, 4.69) is 5.18 Å². The first kappa shape index (κ1) is 14.1. The van der Waals surface area contributed by atoms with Crippen LogP contribution < -0.4 is 4.85 Å². The van der Waals surface area contributed by atoms with Gasteiger partial charge in [0.15, 0.2) is 5.69 Å². The Morgan fingerprint density at radius 3 is 2.27 bits per heavy atom. The van der Waals surface area contributed by atoms with Crippen LogP contribution in [0.3, 0.4) is 0 Å². The Balaban J connectivity index is 2.29. The van der Waals surface area contributed by atoms with E-state index >= 15 is 0 Å². The summed E-state index contributed by atoms with van der Waals surface area (Å²) in [6, 6.07) is 14.9. The van der Waals surface area contributed by atoms with E-state index in [1.165, 1.54) is 0 Å². The summed E-state index contributed by atoms with van der Waals surface area (Å²) in [5.74, 6) is 0. The van der Waals surface area contributed by atoms with E-state index < -0.39 is 0 Å². The third-order valence-electron chi connectivity index (χ3n) is 3.27. The molecule has 0 unspecified atom stereocenters. The van der Waals surface area contributed by atoms with Crippen molar-refractivity contribution in [3.05, 3.63) is 69.7 Å². The van der Waals surface area contributed by atoms with Gasteiger partial charge in [0.2, 0.25) is 5.69 Å². The average Bonchev–Trinajstić information content (AvgIpc) is 2.80. The van der Waals surface area contributed by atoms with Gasteiger partial charge in [-0.25, -0.2) is 0 Å². The first-order valence-electron chi connectivity index (χ1n) is 6.36. The average molecular weight is 316 g/mol. The predicted molar refractivity (Wildman–Crippen MR) is 81.9 cm³/mol. The number of hydrogen-bond donors (Lipinski definition) is 1. The van der Waals surface area contributed by atoms with Crippen molar-refractivity contribution in [2.24, 2.45) is 5.18 Å². The number of halogens is 1. The molecule has 0 saturated heterocycles. The molecule has 0 fully saturated rings. The highest BCUT2D eigenvalue weighted by molar-refractivity contribution is 6.30. The third-order valence-corrected chi connectivity index (χ3v) is 3.52. The maximum atomic E-state index is 12.2. The first-order chi connectivity index (χ1) is 10.6. The smallest absolute Gasteiger partial charge is 0.284 e. The molecule has 22 heavy (non-hydrogen) atoms. The van der Waals surface area contributed by atoms with Crippen molar-refractivity contribution in [1.29, 1.82) is 0 Å². The predicted octanol–water partition coefficient (Wildman–Crippen LogP) is 3.74. The van der Waals surface area contributed by atoms with Crippen molar-refractivity contribution >= 4 is 17.3 Å². The normalized spacial score (nSPS) is 10.6. The van der Waals surface area contributed by atoms with Crippen LogP contribution >= 0.6 is 11.6 Å². The zero-order chi connectivity index (χ0) is 15.7. The molecular weight excluding hydrogens is 306 g/mol. The Hall–Kier alpha value is -2.86. The van der Waals surface area contributed by atoms with Gasteiger partial charge in [0.25, 0.3) is 5.69 Å². The molecule has 0 atom stereocenters. The molecule has 3 aromatic rings. The van der Waals surface area contributed by atoms with Gasteiger partial charge in [0, 0.05) is 15.4 Å². The highest BCUT2D eigenvalue weighted by atomic mass is 35.5. The van der Waals surface area contributed by atoms with Crippen molar-refractivity contribution in [2.45, 2.75) is 0 Å². The lowest BCUT2D eigenvalue weighted by molar-refractivity contribution is -0.714. The Morgan fingerprint density at radius 2 is 1.68 bits per heavy atom. The van der Waals surface area contributed by atoms with Gasteiger partial charge in [-0.2, -0.15) is 0 Å². The molecule has 110 valence electrons. The van der Waals surface area contributed by atoms with Crippen LogP contribution in [0.5, 0.6) is 0 Å². The van der Waals surface area contributed by atoms with Crippen molar-refractivity contribution in [3.63, 3.8) is 0 Å². The van der Waals surface area contributed by atoms with Crippen LogP contribution in [0.2, 0.25) is 5.02 Å². The van der Waals surface area contributed by atoms with E-state index in [1.54, 1.807) is 54.6 Å². The van der Waals surface area contributed by atoms with Crippen LogP contribution in [0.4, 0.5) is 5.69 Å². The zero-order valence-electron chi connectivity index (χ0n) is 11.2. The summed E-state index contributed by atoms with van der Waals surface area (Å²) in [6.07, 6.45) is 0. The molecule has 0 amide bonds. The van der Waals surface area contributed by atoms with Gasteiger partial charge < -0.3 is 10.4 Å². The minimum atomic E-state index is -0.133. The monoisotopic (exact) mass is 315 g/mol. The number of rotatable bonds is 3. The molecule has 0 saturated carbocycles. The largest absolute Gasteiger partial charge is 0.593 e. The van der Waals surface area contributed by atoms with Crippen LogP contribution in [-0.2, 0) is 0 Å². The van der Waals surface area contributed by atoms with Crippen LogP contribution in [0, 0.1) is 10.1 Å². The lowest BCUT2D eigenvalue weighted by Crippen LogP contribution is -2.38. The van der Waals surface area contributed by atoms with E-state index in [0.717, 1.165) is 0 Å². The standard InChI is InChI=1S/C15H10ClN3O3/c16-12-8-6-11(7-9-12)15-13(17-20)14(18(21)19(15)22)10-4-2-1-3-5-10/h1-9,21H. The summed E-state index contributed by atoms with van der Waals surface area (Å²) >= 11 is 5.82. The Morgan fingerprint density at radius 1 is 1.05 bits per heavy atom. The first-order valence-corrected chi connectivity index (χ1v) is 6.73. The maximum Gasteiger partial charge on any atom is 0.284 e. The second-order valence-electron chi connectivity index (χ2n) is 4.57. The van der Waals surface area contributed by atoms with Crippen molar-refractivity contribution < 1.29 is 10.1 Å². The number of benzene rings is 2. The second-order valence-corrected chi connectivity index (χ2v) is 5.01. The highest BCUT2D eigenvalue weighted by Gasteiger charge is 2.31. The molecule has 1 aromatic heterocycles. The lowest BCUT2D eigenvalue weighted by Gasteiger charge is -2.00. The minimum absolute atomic E-state index is 0.0342. The summed E-state index contributed by atoms with van der Waals surface area (Å²) in [7, 11) is 0. The lowest BCUT2D eigenvalue weighted by atomic mass is 10.1. The van der Waals surface area contributed by atoms with E-state index in [0.29, 0.717) is 21.0 Å².